The molecule has 0 bridgehead atoms. The van der Waals surface area contributed by atoms with Gasteiger partial charge >= 0.3 is 5.97 Å². The first-order chi connectivity index (χ1) is 10.6. The summed E-state index contributed by atoms with van der Waals surface area (Å²) in [4.78, 5) is 30.2. The van der Waals surface area contributed by atoms with Crippen molar-refractivity contribution in [2.75, 3.05) is 6.54 Å². The molecule has 5 nitrogen and oxygen atoms in total. The van der Waals surface area contributed by atoms with E-state index in [9.17, 15) is 14.7 Å². The second kappa shape index (κ2) is 6.07. The van der Waals surface area contributed by atoms with E-state index in [1.54, 1.807) is 0 Å². The maximum absolute atomic E-state index is 12.8. The number of nitrogens with zero attached hydrogens (tertiary/aromatic N) is 2. The van der Waals surface area contributed by atoms with Crippen LogP contribution in [0, 0.1) is 0 Å². The minimum Gasteiger partial charge on any atom is -0.480 e. The summed E-state index contributed by atoms with van der Waals surface area (Å²) in [5, 5.41) is 9.17. The molecule has 0 aromatic heterocycles. The number of carbonyl (C=O) groups excluding carboxylic acids is 1. The molecule has 3 aliphatic rings. The largest absolute Gasteiger partial charge is 0.480 e. The van der Waals surface area contributed by atoms with Gasteiger partial charge in [0.2, 0.25) is 0 Å². The van der Waals surface area contributed by atoms with Gasteiger partial charge in [-0.2, -0.15) is 0 Å². The van der Waals surface area contributed by atoms with E-state index >= 15 is 0 Å². The zero-order valence-electron chi connectivity index (χ0n) is 12.8. The van der Waals surface area contributed by atoms with E-state index in [1.807, 2.05) is 6.08 Å². The maximum atomic E-state index is 12.8. The molecule has 2 aliphatic carbocycles. The molecular formula is C17H22N2O3. The van der Waals surface area contributed by atoms with Crippen LogP contribution in [-0.2, 0) is 9.59 Å². The lowest BCUT2D eigenvalue weighted by Gasteiger charge is -2.38. The Balaban J connectivity index is 1.96. The molecule has 1 saturated carbocycles. The average Bonchev–Trinajstić information content (AvgIpc) is 2.72. The van der Waals surface area contributed by atoms with Crippen LogP contribution in [0.1, 0.15) is 51.4 Å². The van der Waals surface area contributed by atoms with Crippen molar-refractivity contribution >= 4 is 17.6 Å². The molecule has 5 heteroatoms. The first-order valence-corrected chi connectivity index (χ1v) is 8.13. The van der Waals surface area contributed by atoms with Crippen molar-refractivity contribution in [1.82, 2.24) is 4.90 Å². The van der Waals surface area contributed by atoms with E-state index in [4.69, 9.17) is 4.99 Å². The number of hydrogen-bond acceptors (Lipinski definition) is 3. The summed E-state index contributed by atoms with van der Waals surface area (Å²) < 4.78 is 0. The lowest BCUT2D eigenvalue weighted by molar-refractivity contribution is -0.145. The minimum atomic E-state index is -0.972. The van der Waals surface area contributed by atoms with Gasteiger partial charge in [-0.05, 0) is 44.9 Å². The second-order valence-corrected chi connectivity index (χ2v) is 6.28. The van der Waals surface area contributed by atoms with Crippen LogP contribution in [0.15, 0.2) is 28.8 Å². The summed E-state index contributed by atoms with van der Waals surface area (Å²) in [6.07, 6.45) is 13.8. The molecule has 1 heterocycles. The smallest absolute Gasteiger partial charge is 0.323 e. The lowest BCUT2D eigenvalue weighted by atomic mass is 9.88. The van der Waals surface area contributed by atoms with E-state index in [2.05, 4.69) is 12.2 Å². The van der Waals surface area contributed by atoms with Crippen molar-refractivity contribution < 1.29 is 14.7 Å². The third-order valence-corrected chi connectivity index (χ3v) is 4.73. The normalized spacial score (nSPS) is 24.2. The fraction of sp³-hybridized carbons (Fsp3) is 0.588. The highest BCUT2D eigenvalue weighted by molar-refractivity contribution is 6.47. The third kappa shape index (κ3) is 2.72. The van der Waals surface area contributed by atoms with Gasteiger partial charge in [0.25, 0.3) is 5.91 Å². The molecule has 1 amide bonds. The van der Waals surface area contributed by atoms with Gasteiger partial charge in [0.05, 0.1) is 0 Å². The van der Waals surface area contributed by atoms with E-state index in [-0.39, 0.29) is 12.5 Å². The Bertz CT molecular complexity index is 568. The van der Waals surface area contributed by atoms with E-state index in [0.717, 1.165) is 56.9 Å². The summed E-state index contributed by atoms with van der Waals surface area (Å²) in [5.74, 6) is -1.19. The van der Waals surface area contributed by atoms with Gasteiger partial charge in [-0.3, -0.25) is 14.6 Å². The number of rotatable bonds is 3. The molecule has 118 valence electrons. The predicted octanol–water partition coefficient (Wildman–Crippen LogP) is 2.68. The molecule has 1 spiro atoms. The van der Waals surface area contributed by atoms with Gasteiger partial charge in [0, 0.05) is 5.57 Å². The number of carboxylic acid groups (broad SMARTS) is 1. The first-order valence-electron chi connectivity index (χ1n) is 8.13. The van der Waals surface area contributed by atoms with Crippen LogP contribution in [0.3, 0.4) is 0 Å². The molecular weight excluding hydrogens is 280 g/mol. The molecule has 0 saturated heterocycles. The Morgan fingerprint density at radius 3 is 2.73 bits per heavy atom. The highest BCUT2D eigenvalue weighted by atomic mass is 16.4. The number of carboxylic acids is 1. The number of hydrogen-bond donors (Lipinski definition) is 1. The SMILES string of the molecule is O=C(O)CN1C(=O)C(C2=CCCCC=C2)=NC12CCCCC2. The van der Waals surface area contributed by atoms with E-state index in [1.165, 1.54) is 4.90 Å². The molecule has 22 heavy (non-hydrogen) atoms. The van der Waals surface area contributed by atoms with Crippen LogP contribution in [-0.4, -0.2) is 39.8 Å². The van der Waals surface area contributed by atoms with Gasteiger partial charge in [-0.15, -0.1) is 0 Å². The Morgan fingerprint density at radius 2 is 2.00 bits per heavy atom. The van der Waals surface area contributed by atoms with Crippen LogP contribution in [0.4, 0.5) is 0 Å². The molecule has 1 aliphatic heterocycles. The topological polar surface area (TPSA) is 70.0 Å². The summed E-state index contributed by atoms with van der Waals surface area (Å²) in [7, 11) is 0. The standard InChI is InChI=1S/C17H22N2O3/c20-14(21)12-19-16(22)15(13-8-4-1-2-5-9-13)18-17(19)10-6-3-7-11-17/h4,8-9H,1-3,5-7,10-12H2,(H,20,21). The Morgan fingerprint density at radius 1 is 1.23 bits per heavy atom. The minimum absolute atomic E-state index is 0.220. The number of amides is 1. The van der Waals surface area contributed by atoms with Crippen LogP contribution in [0.25, 0.3) is 0 Å². The maximum Gasteiger partial charge on any atom is 0.323 e. The highest BCUT2D eigenvalue weighted by Crippen LogP contribution is 2.39. The zero-order valence-corrected chi connectivity index (χ0v) is 12.8. The molecule has 1 N–H and O–H groups in total. The Labute approximate surface area is 130 Å². The van der Waals surface area contributed by atoms with Crippen LogP contribution >= 0.6 is 0 Å². The Hall–Kier alpha value is -1.91. The Kier molecular flexibility index (Phi) is 4.14. The second-order valence-electron chi connectivity index (χ2n) is 6.28. The van der Waals surface area contributed by atoms with Crippen molar-refractivity contribution in [3.05, 3.63) is 23.8 Å². The summed E-state index contributed by atoms with van der Waals surface area (Å²) in [6.45, 7) is -0.261. The molecule has 3 rings (SSSR count). The molecule has 0 atom stereocenters. The van der Waals surface area contributed by atoms with Gasteiger partial charge in [-0.1, -0.05) is 24.6 Å². The fourth-order valence-electron chi connectivity index (χ4n) is 3.62. The van der Waals surface area contributed by atoms with Crippen LogP contribution in [0.2, 0.25) is 0 Å². The van der Waals surface area contributed by atoms with Crippen molar-refractivity contribution in [2.45, 2.75) is 57.0 Å². The third-order valence-electron chi connectivity index (χ3n) is 4.73. The van der Waals surface area contributed by atoms with Crippen molar-refractivity contribution in [1.29, 1.82) is 0 Å². The van der Waals surface area contributed by atoms with Gasteiger partial charge < -0.3 is 10.0 Å². The first kappa shape index (κ1) is 15.0. The quantitative estimate of drug-likeness (QED) is 0.871. The molecule has 0 radical (unpaired) electrons. The van der Waals surface area contributed by atoms with Crippen molar-refractivity contribution in [2.24, 2.45) is 4.99 Å². The van der Waals surface area contributed by atoms with Crippen LogP contribution in [0.5, 0.6) is 0 Å². The summed E-state index contributed by atoms with van der Waals surface area (Å²) in [6, 6.07) is 0. The lowest BCUT2D eigenvalue weighted by Crippen LogP contribution is -2.50. The van der Waals surface area contributed by atoms with Crippen LogP contribution < -0.4 is 0 Å². The number of aliphatic imine (C=N–C) groups is 1. The monoisotopic (exact) mass is 302 g/mol. The molecule has 1 fully saturated rings. The number of aliphatic carboxylic acids is 1. The molecule has 0 aromatic carbocycles. The van der Waals surface area contributed by atoms with Gasteiger partial charge in [0.15, 0.2) is 0 Å². The van der Waals surface area contributed by atoms with Gasteiger partial charge in [-0.25, -0.2) is 0 Å². The van der Waals surface area contributed by atoms with Crippen molar-refractivity contribution in [3.63, 3.8) is 0 Å². The number of carbonyl (C=O) groups is 2. The van der Waals surface area contributed by atoms with Crippen molar-refractivity contribution in [3.8, 4) is 0 Å². The number of allylic oxidation sites excluding steroid dienone is 3. The average molecular weight is 302 g/mol. The molecule has 0 unspecified atom stereocenters. The molecule has 0 aromatic rings. The summed E-state index contributed by atoms with van der Waals surface area (Å²) >= 11 is 0. The van der Waals surface area contributed by atoms with E-state index in [0.29, 0.717) is 5.71 Å². The van der Waals surface area contributed by atoms with E-state index < -0.39 is 11.6 Å². The predicted molar refractivity (Wildman–Crippen MR) is 83.7 cm³/mol. The highest BCUT2D eigenvalue weighted by Gasteiger charge is 2.48. The van der Waals surface area contributed by atoms with Gasteiger partial charge in [0.1, 0.15) is 17.9 Å². The zero-order chi connectivity index (χ0) is 15.6. The summed E-state index contributed by atoms with van der Waals surface area (Å²) in [5.41, 5.74) is 0.700. The fourth-order valence-corrected chi connectivity index (χ4v) is 3.62.